The van der Waals surface area contributed by atoms with Crippen molar-refractivity contribution in [3.63, 3.8) is 0 Å². The van der Waals surface area contributed by atoms with Crippen molar-refractivity contribution in [1.82, 2.24) is 0 Å². The first-order valence-corrected chi connectivity index (χ1v) is 3.81. The number of carbonyl (C=O) groups excluding carboxylic acids is 1. The number of hydrogen-bond acceptors (Lipinski definition) is 2. The molecule has 0 aliphatic rings. The highest BCUT2D eigenvalue weighted by Crippen LogP contribution is 1.96. The predicted octanol–water partition coefficient (Wildman–Crippen LogP) is 1.36. The van der Waals surface area contributed by atoms with E-state index in [1.165, 1.54) is 7.11 Å². The molecule has 0 aromatic carbocycles. The Labute approximate surface area is 73.3 Å². The fourth-order valence-electron chi connectivity index (χ4n) is 0.626. The Morgan fingerprint density at radius 2 is 2.08 bits per heavy atom. The van der Waals surface area contributed by atoms with E-state index in [4.69, 9.17) is 6.42 Å². The summed E-state index contributed by atoms with van der Waals surface area (Å²) in [6.45, 7) is 0. The first-order chi connectivity index (χ1) is 5.81. The Bertz CT molecular complexity index is 224. The highest BCUT2D eigenvalue weighted by Gasteiger charge is 1.88. The molecular weight excluding hydrogens is 152 g/mol. The van der Waals surface area contributed by atoms with Crippen LogP contribution in [0.5, 0.6) is 0 Å². The molecule has 0 aromatic rings. The maximum Gasteiger partial charge on any atom is 0.384 e. The fraction of sp³-hybridized carbons (Fsp3) is 0.500. The Hall–Kier alpha value is -1.41. The van der Waals surface area contributed by atoms with Crippen LogP contribution >= 0.6 is 0 Å². The molecule has 0 radical (unpaired) electrons. The molecular formula is C10H12O2. The highest BCUT2D eigenvalue weighted by molar-refractivity contribution is 5.88. The monoisotopic (exact) mass is 164 g/mol. The summed E-state index contributed by atoms with van der Waals surface area (Å²) < 4.78 is 4.33. The number of carbonyl (C=O) groups is 1. The van der Waals surface area contributed by atoms with Gasteiger partial charge in [0.05, 0.1) is 7.11 Å². The van der Waals surface area contributed by atoms with Crippen molar-refractivity contribution in [3.8, 4) is 24.2 Å². The third-order valence-electron chi connectivity index (χ3n) is 1.25. The normalized spacial score (nSPS) is 7.67. The van der Waals surface area contributed by atoms with E-state index in [1.807, 2.05) is 0 Å². The lowest BCUT2D eigenvalue weighted by Gasteiger charge is -1.88. The lowest BCUT2D eigenvalue weighted by Crippen LogP contribution is -1.94. The van der Waals surface area contributed by atoms with Crippen molar-refractivity contribution in [1.29, 1.82) is 0 Å². The number of esters is 1. The summed E-state index contributed by atoms with van der Waals surface area (Å²) in [5.41, 5.74) is 0. The Morgan fingerprint density at radius 3 is 2.67 bits per heavy atom. The van der Waals surface area contributed by atoms with Crippen LogP contribution in [0.1, 0.15) is 25.7 Å². The van der Waals surface area contributed by atoms with Crippen LogP contribution < -0.4 is 0 Å². The van der Waals surface area contributed by atoms with Gasteiger partial charge in [0, 0.05) is 18.8 Å². The van der Waals surface area contributed by atoms with Gasteiger partial charge in [-0.05, 0) is 12.8 Å². The number of rotatable bonds is 3. The van der Waals surface area contributed by atoms with E-state index < -0.39 is 5.97 Å². The molecule has 12 heavy (non-hydrogen) atoms. The van der Waals surface area contributed by atoms with E-state index in [-0.39, 0.29) is 0 Å². The maximum atomic E-state index is 10.5. The van der Waals surface area contributed by atoms with Gasteiger partial charge >= 0.3 is 5.97 Å². The van der Waals surface area contributed by atoms with Gasteiger partial charge in [-0.15, -0.1) is 12.3 Å². The smallest absolute Gasteiger partial charge is 0.384 e. The molecule has 0 fully saturated rings. The van der Waals surface area contributed by atoms with Gasteiger partial charge in [-0.1, -0.05) is 5.92 Å². The summed E-state index contributed by atoms with van der Waals surface area (Å²) in [5.74, 6) is 7.11. The van der Waals surface area contributed by atoms with Crippen molar-refractivity contribution < 1.29 is 9.53 Å². The minimum atomic E-state index is -0.480. The van der Waals surface area contributed by atoms with Crippen LogP contribution in [0.2, 0.25) is 0 Å². The summed E-state index contributed by atoms with van der Waals surface area (Å²) >= 11 is 0. The van der Waals surface area contributed by atoms with Gasteiger partial charge in [0.25, 0.3) is 0 Å². The molecule has 0 aromatic heterocycles. The second-order valence-corrected chi connectivity index (χ2v) is 2.20. The van der Waals surface area contributed by atoms with Crippen molar-refractivity contribution in [2.75, 3.05) is 7.11 Å². The van der Waals surface area contributed by atoms with Crippen molar-refractivity contribution in [3.05, 3.63) is 0 Å². The molecule has 0 amide bonds. The highest BCUT2D eigenvalue weighted by atomic mass is 16.5. The first kappa shape index (κ1) is 10.6. The summed E-state index contributed by atoms with van der Waals surface area (Å²) in [6.07, 6.45) is 8.44. The molecule has 0 saturated carbocycles. The van der Waals surface area contributed by atoms with Crippen LogP contribution in [0.25, 0.3) is 0 Å². The lowest BCUT2D eigenvalue weighted by molar-refractivity contribution is -0.133. The molecule has 0 rings (SSSR count). The molecule has 64 valence electrons. The molecule has 0 aliphatic carbocycles. The predicted molar refractivity (Wildman–Crippen MR) is 47.1 cm³/mol. The summed E-state index contributed by atoms with van der Waals surface area (Å²) in [6, 6.07) is 0. The van der Waals surface area contributed by atoms with Gasteiger partial charge in [-0.25, -0.2) is 4.79 Å². The molecule has 0 saturated heterocycles. The summed E-state index contributed by atoms with van der Waals surface area (Å²) in [5, 5.41) is 0. The molecule has 0 spiro atoms. The maximum absolute atomic E-state index is 10.5. The standard InChI is InChI=1S/C10H12O2/c1-3-4-5-6-7-8-9-10(11)12-2/h1H,4-7H2,2H3. The van der Waals surface area contributed by atoms with Crippen LogP contribution in [-0.2, 0) is 9.53 Å². The van der Waals surface area contributed by atoms with E-state index >= 15 is 0 Å². The molecule has 2 nitrogen and oxygen atoms in total. The Balaban J connectivity index is 3.34. The number of hydrogen-bond donors (Lipinski definition) is 0. The largest absolute Gasteiger partial charge is 0.459 e. The first-order valence-electron chi connectivity index (χ1n) is 3.81. The molecule has 0 heterocycles. The molecule has 0 unspecified atom stereocenters. The quantitative estimate of drug-likeness (QED) is 0.272. The van der Waals surface area contributed by atoms with E-state index in [0.717, 1.165) is 19.3 Å². The minimum Gasteiger partial charge on any atom is -0.459 e. The summed E-state index contributed by atoms with van der Waals surface area (Å²) in [7, 11) is 1.31. The zero-order valence-electron chi connectivity index (χ0n) is 7.22. The molecule has 2 heteroatoms. The van der Waals surface area contributed by atoms with Gasteiger partial charge in [0.15, 0.2) is 0 Å². The fourth-order valence-corrected chi connectivity index (χ4v) is 0.626. The number of methoxy groups -OCH3 is 1. The second-order valence-electron chi connectivity index (χ2n) is 2.20. The van der Waals surface area contributed by atoms with Crippen LogP contribution in [0, 0.1) is 24.2 Å². The minimum absolute atomic E-state index is 0.480. The Kier molecular flexibility index (Phi) is 6.79. The number of unbranched alkanes of at least 4 members (excludes halogenated alkanes) is 3. The third kappa shape index (κ3) is 6.71. The number of ether oxygens (including phenoxy) is 1. The van der Waals surface area contributed by atoms with Gasteiger partial charge in [0.2, 0.25) is 0 Å². The van der Waals surface area contributed by atoms with E-state index in [9.17, 15) is 4.79 Å². The van der Waals surface area contributed by atoms with Crippen LogP contribution in [0.4, 0.5) is 0 Å². The SMILES string of the molecule is C#CCCCCC#CC(=O)OC. The van der Waals surface area contributed by atoms with Crippen LogP contribution in [0.3, 0.4) is 0 Å². The van der Waals surface area contributed by atoms with Crippen molar-refractivity contribution in [2.24, 2.45) is 0 Å². The van der Waals surface area contributed by atoms with Crippen LogP contribution in [0.15, 0.2) is 0 Å². The third-order valence-corrected chi connectivity index (χ3v) is 1.25. The Morgan fingerprint density at radius 1 is 1.42 bits per heavy atom. The second kappa shape index (κ2) is 7.69. The zero-order chi connectivity index (χ0) is 9.23. The van der Waals surface area contributed by atoms with Gasteiger partial charge < -0.3 is 4.74 Å². The topological polar surface area (TPSA) is 26.3 Å². The molecule has 0 aliphatic heterocycles. The average Bonchev–Trinajstić information content (AvgIpc) is 2.10. The molecule has 0 bridgehead atoms. The molecule has 0 N–H and O–H groups in total. The van der Waals surface area contributed by atoms with Crippen LogP contribution in [-0.4, -0.2) is 13.1 Å². The molecule has 0 atom stereocenters. The van der Waals surface area contributed by atoms with Gasteiger partial charge in [-0.3, -0.25) is 0 Å². The zero-order valence-corrected chi connectivity index (χ0v) is 7.22. The lowest BCUT2D eigenvalue weighted by atomic mass is 10.2. The number of terminal acetylenes is 1. The van der Waals surface area contributed by atoms with Gasteiger partial charge in [-0.2, -0.15) is 0 Å². The van der Waals surface area contributed by atoms with Gasteiger partial charge in [0.1, 0.15) is 0 Å². The van der Waals surface area contributed by atoms with Crippen molar-refractivity contribution >= 4 is 5.97 Å². The van der Waals surface area contributed by atoms with E-state index in [0.29, 0.717) is 6.42 Å². The average molecular weight is 164 g/mol. The van der Waals surface area contributed by atoms with E-state index in [2.05, 4.69) is 22.5 Å². The summed E-state index contributed by atoms with van der Waals surface area (Å²) in [4.78, 5) is 10.5. The van der Waals surface area contributed by atoms with E-state index in [1.54, 1.807) is 0 Å². The van der Waals surface area contributed by atoms with Crippen molar-refractivity contribution in [2.45, 2.75) is 25.7 Å².